The van der Waals surface area contributed by atoms with Crippen LogP contribution in [0.2, 0.25) is 10.6 Å². The normalized spacial score (nSPS) is 21.4. The van der Waals surface area contributed by atoms with Gasteiger partial charge in [-0.1, -0.05) is 76.1 Å². The van der Waals surface area contributed by atoms with Crippen LogP contribution in [0.4, 0.5) is 9.59 Å². The van der Waals surface area contributed by atoms with Crippen LogP contribution in [0.1, 0.15) is 84.6 Å². The van der Waals surface area contributed by atoms with Gasteiger partial charge in [-0.05, 0) is 49.9 Å². The highest BCUT2D eigenvalue weighted by Gasteiger charge is 2.40. The predicted molar refractivity (Wildman–Crippen MR) is 150 cm³/mol. The van der Waals surface area contributed by atoms with Crippen molar-refractivity contribution in [2.45, 2.75) is 102 Å². The lowest BCUT2D eigenvalue weighted by atomic mass is 9.86. The van der Waals surface area contributed by atoms with Gasteiger partial charge in [0, 0.05) is 21.9 Å². The summed E-state index contributed by atoms with van der Waals surface area (Å²) in [6.45, 7) is 7.96. The van der Waals surface area contributed by atoms with Gasteiger partial charge in [0.05, 0.1) is 6.07 Å². The molecule has 3 rings (SSSR count). The van der Waals surface area contributed by atoms with Gasteiger partial charge in [-0.25, -0.2) is 4.79 Å². The lowest BCUT2D eigenvalue weighted by molar-refractivity contribution is -0.123. The predicted octanol–water partition coefficient (Wildman–Crippen LogP) is 5.28. The number of halogens is 1. The van der Waals surface area contributed by atoms with Crippen molar-refractivity contribution in [2.24, 2.45) is 5.92 Å². The minimum atomic E-state index is -2.57. The number of rotatable bonds is 9. The van der Waals surface area contributed by atoms with Gasteiger partial charge < -0.3 is 20.4 Å². The van der Waals surface area contributed by atoms with E-state index in [1.165, 1.54) is 0 Å². The Hall–Kier alpha value is -2.57. The third-order valence-corrected chi connectivity index (χ3v) is 10.8. The molecule has 0 spiro atoms. The first kappa shape index (κ1) is 30.0. The van der Waals surface area contributed by atoms with Gasteiger partial charge in [-0.15, -0.1) is 0 Å². The number of carbonyl (C=O) groups excluding carboxylic acids is 3. The van der Waals surface area contributed by atoms with E-state index in [0.717, 1.165) is 44.1 Å². The smallest absolute Gasteiger partial charge is 0.399 e. The molecule has 3 atom stereocenters. The first-order valence-electron chi connectivity index (χ1n) is 13.6. The Bertz CT molecular complexity index is 1050. The number of nitrogens with zero attached hydrogens (tertiary/aromatic N) is 1. The molecule has 1 saturated carbocycles. The van der Waals surface area contributed by atoms with Gasteiger partial charge in [-0.3, -0.25) is 9.59 Å². The minimum Gasteiger partial charge on any atom is -0.449 e. The molecule has 3 amide bonds. The summed E-state index contributed by atoms with van der Waals surface area (Å²) >= 11 is 6.14. The molecule has 0 bridgehead atoms. The van der Waals surface area contributed by atoms with Gasteiger partial charge in [-0.2, -0.15) is 5.26 Å². The number of nitrogens with one attached hydrogen (secondary N) is 3. The highest BCUT2D eigenvalue weighted by atomic mass is 35.5. The van der Waals surface area contributed by atoms with Crippen LogP contribution in [0.25, 0.3) is 0 Å². The van der Waals surface area contributed by atoms with Gasteiger partial charge in [0.25, 0.3) is 0 Å². The molecule has 1 saturated heterocycles. The fourth-order valence-corrected chi connectivity index (χ4v) is 8.37. The Labute approximate surface area is 232 Å². The molecule has 1 aliphatic carbocycles. The van der Waals surface area contributed by atoms with E-state index in [4.69, 9.17) is 16.3 Å². The number of carbonyl (C=O) groups is 3. The van der Waals surface area contributed by atoms with Crippen molar-refractivity contribution in [1.29, 1.82) is 5.26 Å². The average Bonchev–Trinajstić information content (AvgIpc) is 3.01. The van der Waals surface area contributed by atoms with E-state index in [-0.39, 0.29) is 41.5 Å². The lowest BCUT2D eigenvalue weighted by Gasteiger charge is -2.28. The topological polar surface area (TPSA) is 120 Å². The first-order valence-corrected chi connectivity index (χ1v) is 15.8. The van der Waals surface area contributed by atoms with Gasteiger partial charge >= 0.3 is 6.09 Å². The number of hydrogen-bond donors (Lipinski definition) is 3. The van der Waals surface area contributed by atoms with Crippen molar-refractivity contribution >= 4 is 38.1 Å². The molecule has 10 heteroatoms. The third-order valence-electron chi connectivity index (χ3n) is 7.68. The number of benzene rings is 1. The molecule has 1 aliphatic heterocycles. The van der Waals surface area contributed by atoms with Crippen LogP contribution in [0.5, 0.6) is 0 Å². The van der Waals surface area contributed by atoms with E-state index in [1.807, 2.05) is 45.9 Å². The monoisotopic (exact) mass is 560 g/mol. The molecule has 0 radical (unpaired) electrons. The molecule has 208 valence electrons. The Morgan fingerprint density at radius 1 is 1.26 bits per heavy atom. The molecule has 1 heterocycles. The summed E-state index contributed by atoms with van der Waals surface area (Å²) in [6.07, 6.45) is 6.25. The third kappa shape index (κ3) is 8.47. The summed E-state index contributed by atoms with van der Waals surface area (Å²) < 4.78 is 5.62. The molecular formula is C28H41ClN4O4Si. The molecule has 3 N–H and O–H groups in total. The van der Waals surface area contributed by atoms with E-state index >= 15 is 0 Å². The fraction of sp³-hybridized carbons (Fsp3) is 0.643. The SMILES string of the molecule is CC1(C)CC(C[C@@H](C#N)NC(=O)[Si@@H](NC(=O)OCC(C)(C)c2cccc(Cl)c2)C2CCCCCC2)C(=O)N1. The average molecular weight is 561 g/mol. The second-order valence-corrected chi connectivity index (χ2v) is 15.2. The Balaban J connectivity index is 1.66. The van der Waals surface area contributed by atoms with Crippen LogP contribution in [-0.2, 0) is 14.9 Å². The second-order valence-electron chi connectivity index (χ2n) is 12.0. The quantitative estimate of drug-likeness (QED) is 0.280. The number of ether oxygens (including phenoxy) is 1. The summed E-state index contributed by atoms with van der Waals surface area (Å²) in [6, 6.07) is 8.81. The van der Waals surface area contributed by atoms with E-state index in [2.05, 4.69) is 21.7 Å². The molecule has 1 aromatic carbocycles. The zero-order chi connectivity index (χ0) is 27.9. The largest absolute Gasteiger partial charge is 0.449 e. The summed E-state index contributed by atoms with van der Waals surface area (Å²) in [5, 5.41) is 16.2. The van der Waals surface area contributed by atoms with Crippen LogP contribution >= 0.6 is 11.6 Å². The van der Waals surface area contributed by atoms with E-state index in [1.54, 1.807) is 6.07 Å². The maximum Gasteiger partial charge on any atom is 0.399 e. The maximum absolute atomic E-state index is 13.5. The lowest BCUT2D eigenvalue weighted by Crippen LogP contribution is -2.55. The van der Waals surface area contributed by atoms with Crippen molar-refractivity contribution in [1.82, 2.24) is 15.6 Å². The highest BCUT2D eigenvalue weighted by Crippen LogP contribution is 2.31. The summed E-state index contributed by atoms with van der Waals surface area (Å²) in [7, 11) is -2.57. The zero-order valence-electron chi connectivity index (χ0n) is 22.9. The molecule has 1 unspecified atom stereocenters. The van der Waals surface area contributed by atoms with Crippen LogP contribution in [-0.4, -0.2) is 44.7 Å². The second kappa shape index (κ2) is 13.0. The maximum atomic E-state index is 13.5. The molecule has 8 nitrogen and oxygen atoms in total. The molecule has 38 heavy (non-hydrogen) atoms. The fourth-order valence-electron chi connectivity index (χ4n) is 5.52. The Morgan fingerprint density at radius 3 is 2.53 bits per heavy atom. The Kier molecular flexibility index (Phi) is 10.2. The van der Waals surface area contributed by atoms with Crippen LogP contribution in [0.3, 0.4) is 0 Å². The first-order chi connectivity index (χ1) is 17.9. The summed E-state index contributed by atoms with van der Waals surface area (Å²) in [5.41, 5.74) is -0.0331. The van der Waals surface area contributed by atoms with Gasteiger partial charge in [0.2, 0.25) is 20.4 Å². The van der Waals surface area contributed by atoms with Crippen molar-refractivity contribution in [2.75, 3.05) is 6.61 Å². The molecule has 0 aromatic heterocycles. The summed E-state index contributed by atoms with van der Waals surface area (Å²) in [4.78, 5) is 41.8. The molecule has 1 aromatic rings. The standard InChI is InChI=1S/C28H41ClN4O4Si/c1-27(2,20-10-9-11-21(29)15-20)18-37-25(35)33-38(23-12-7-5-6-8-13-23)26(36)31-22(17-30)14-19-16-28(3,4)32-24(19)34/h9-11,15,19,22-23,38H,5-8,12-14,16,18H2,1-4H3,(H,31,36)(H,32,34)(H,33,35)/t19?,22-,38-/m0/s1. The van der Waals surface area contributed by atoms with E-state index < -0.39 is 26.5 Å². The molecule has 2 aliphatic rings. The van der Waals surface area contributed by atoms with Crippen molar-refractivity contribution in [3.63, 3.8) is 0 Å². The zero-order valence-corrected chi connectivity index (χ0v) is 24.9. The van der Waals surface area contributed by atoms with Crippen molar-refractivity contribution in [3.05, 3.63) is 34.9 Å². The van der Waals surface area contributed by atoms with Crippen LogP contribution in [0, 0.1) is 17.2 Å². The summed E-state index contributed by atoms with van der Waals surface area (Å²) in [5.74, 6) is -0.425. The van der Waals surface area contributed by atoms with E-state index in [0.29, 0.717) is 11.4 Å². The Morgan fingerprint density at radius 2 is 1.95 bits per heavy atom. The number of amides is 3. The number of nitriles is 1. The van der Waals surface area contributed by atoms with E-state index in [9.17, 15) is 19.6 Å². The molecule has 2 fully saturated rings. The van der Waals surface area contributed by atoms with Gasteiger partial charge in [0.15, 0.2) is 0 Å². The van der Waals surface area contributed by atoms with Crippen molar-refractivity contribution in [3.8, 4) is 6.07 Å². The van der Waals surface area contributed by atoms with Crippen LogP contribution < -0.4 is 15.6 Å². The minimum absolute atomic E-state index is 0.0824. The van der Waals surface area contributed by atoms with Crippen LogP contribution in [0.15, 0.2) is 24.3 Å². The highest BCUT2D eigenvalue weighted by molar-refractivity contribution is 6.90. The molecular weight excluding hydrogens is 520 g/mol. The van der Waals surface area contributed by atoms with Gasteiger partial charge in [0.1, 0.15) is 12.6 Å². The van der Waals surface area contributed by atoms with Crippen molar-refractivity contribution < 1.29 is 19.1 Å². The number of hydrogen-bond acceptors (Lipinski definition) is 5.